The van der Waals surface area contributed by atoms with Crippen molar-refractivity contribution >= 4 is 16.8 Å². The number of ether oxygens (including phenoxy) is 1. The van der Waals surface area contributed by atoms with Crippen molar-refractivity contribution in [3.63, 3.8) is 0 Å². The number of hydrogen-bond donors (Lipinski definition) is 1. The van der Waals surface area contributed by atoms with Gasteiger partial charge in [-0.25, -0.2) is 0 Å². The van der Waals surface area contributed by atoms with Crippen LogP contribution in [0.2, 0.25) is 0 Å². The lowest BCUT2D eigenvalue weighted by molar-refractivity contribution is -0.00560. The minimum absolute atomic E-state index is 0.154. The summed E-state index contributed by atoms with van der Waals surface area (Å²) in [4.78, 5) is 29.5. The van der Waals surface area contributed by atoms with Crippen LogP contribution in [0.3, 0.4) is 0 Å². The van der Waals surface area contributed by atoms with Gasteiger partial charge in [0.1, 0.15) is 6.73 Å². The maximum atomic E-state index is 12.5. The van der Waals surface area contributed by atoms with E-state index in [1.807, 2.05) is 6.92 Å². The van der Waals surface area contributed by atoms with E-state index in [2.05, 4.69) is 4.98 Å². The number of rotatable bonds is 1. The zero-order valence-electron chi connectivity index (χ0n) is 11.6. The Balaban J connectivity index is 2.12. The SMILES string of the molecule is Cc1cn(C)c(=O)c2c(C(=O)N3CCCOC3)c[nH]c12. The van der Waals surface area contributed by atoms with Gasteiger partial charge >= 0.3 is 0 Å². The molecule has 0 aromatic carbocycles. The summed E-state index contributed by atoms with van der Waals surface area (Å²) < 4.78 is 6.81. The van der Waals surface area contributed by atoms with Gasteiger partial charge in [0.2, 0.25) is 0 Å². The summed E-state index contributed by atoms with van der Waals surface area (Å²) in [5.41, 5.74) is 1.94. The first-order valence-corrected chi connectivity index (χ1v) is 6.64. The smallest absolute Gasteiger partial charge is 0.260 e. The Kier molecular flexibility index (Phi) is 3.10. The molecule has 1 aliphatic heterocycles. The van der Waals surface area contributed by atoms with Gasteiger partial charge in [0.25, 0.3) is 11.5 Å². The van der Waals surface area contributed by atoms with E-state index in [4.69, 9.17) is 4.74 Å². The Labute approximate surface area is 115 Å². The molecule has 0 radical (unpaired) electrons. The van der Waals surface area contributed by atoms with Crippen molar-refractivity contribution in [2.45, 2.75) is 13.3 Å². The normalized spacial score (nSPS) is 15.8. The van der Waals surface area contributed by atoms with Gasteiger partial charge in [-0.05, 0) is 18.9 Å². The molecule has 2 aromatic heterocycles. The number of fused-ring (bicyclic) bond motifs is 1. The summed E-state index contributed by atoms with van der Waals surface area (Å²) in [5, 5.41) is 0.461. The summed E-state index contributed by atoms with van der Waals surface area (Å²) >= 11 is 0. The first-order valence-electron chi connectivity index (χ1n) is 6.64. The molecule has 0 aliphatic carbocycles. The molecular weight excluding hydrogens is 258 g/mol. The molecule has 20 heavy (non-hydrogen) atoms. The highest BCUT2D eigenvalue weighted by atomic mass is 16.5. The lowest BCUT2D eigenvalue weighted by Gasteiger charge is -2.26. The van der Waals surface area contributed by atoms with E-state index < -0.39 is 0 Å². The average Bonchev–Trinajstić information content (AvgIpc) is 2.90. The standard InChI is InChI=1S/C14H17N3O3/c1-9-7-16(2)14(19)11-10(6-15-12(9)11)13(18)17-4-3-5-20-8-17/h6-7,15H,3-5,8H2,1-2H3. The second-order valence-electron chi connectivity index (χ2n) is 5.14. The highest BCUT2D eigenvalue weighted by Gasteiger charge is 2.23. The fraction of sp³-hybridized carbons (Fsp3) is 0.429. The maximum Gasteiger partial charge on any atom is 0.260 e. The molecular formula is C14H17N3O3. The van der Waals surface area contributed by atoms with Crippen molar-refractivity contribution in [1.29, 1.82) is 0 Å². The molecule has 0 bridgehead atoms. The number of amides is 1. The first-order chi connectivity index (χ1) is 9.59. The van der Waals surface area contributed by atoms with Gasteiger partial charge in [-0.15, -0.1) is 0 Å². The molecule has 2 aromatic rings. The zero-order valence-corrected chi connectivity index (χ0v) is 11.6. The first kappa shape index (κ1) is 12.9. The van der Waals surface area contributed by atoms with Gasteiger partial charge in [0.15, 0.2) is 0 Å². The number of pyridine rings is 1. The van der Waals surface area contributed by atoms with Crippen LogP contribution in [0, 0.1) is 6.92 Å². The number of aryl methyl sites for hydroxylation is 2. The molecule has 1 fully saturated rings. The maximum absolute atomic E-state index is 12.5. The van der Waals surface area contributed by atoms with Gasteiger partial charge < -0.3 is 19.2 Å². The number of aromatic amines is 1. The molecule has 0 atom stereocenters. The van der Waals surface area contributed by atoms with Crippen molar-refractivity contribution in [2.24, 2.45) is 7.05 Å². The van der Waals surface area contributed by atoms with E-state index >= 15 is 0 Å². The highest BCUT2D eigenvalue weighted by Crippen LogP contribution is 2.20. The van der Waals surface area contributed by atoms with Crippen LogP contribution in [0.25, 0.3) is 10.9 Å². The molecule has 0 saturated carbocycles. The van der Waals surface area contributed by atoms with Crippen molar-refractivity contribution in [1.82, 2.24) is 14.5 Å². The number of carbonyl (C=O) groups excluding carboxylic acids is 1. The molecule has 1 N–H and O–H groups in total. The van der Waals surface area contributed by atoms with Gasteiger partial charge in [0.05, 0.1) is 23.1 Å². The van der Waals surface area contributed by atoms with Gasteiger partial charge in [0, 0.05) is 26.0 Å². The second-order valence-corrected chi connectivity index (χ2v) is 5.14. The van der Waals surface area contributed by atoms with Crippen molar-refractivity contribution in [3.05, 3.63) is 33.9 Å². The minimum atomic E-state index is -0.159. The topological polar surface area (TPSA) is 67.3 Å². The van der Waals surface area contributed by atoms with E-state index in [1.54, 1.807) is 24.3 Å². The lowest BCUT2D eigenvalue weighted by Crippen LogP contribution is -2.38. The fourth-order valence-electron chi connectivity index (χ4n) is 2.64. The minimum Gasteiger partial charge on any atom is -0.361 e. The summed E-state index contributed by atoms with van der Waals surface area (Å²) in [7, 11) is 1.69. The predicted octanol–water partition coefficient (Wildman–Crippen LogP) is 0.995. The molecule has 106 valence electrons. The fourth-order valence-corrected chi connectivity index (χ4v) is 2.64. The number of hydrogen-bond acceptors (Lipinski definition) is 3. The Hall–Kier alpha value is -2.08. The van der Waals surface area contributed by atoms with Crippen LogP contribution in [0.15, 0.2) is 17.2 Å². The van der Waals surface area contributed by atoms with E-state index in [0.717, 1.165) is 17.5 Å². The van der Waals surface area contributed by atoms with E-state index in [-0.39, 0.29) is 18.2 Å². The summed E-state index contributed by atoms with van der Waals surface area (Å²) in [6.07, 6.45) is 4.21. The summed E-state index contributed by atoms with van der Waals surface area (Å²) in [5.74, 6) is -0.154. The Bertz CT molecular complexity index is 723. The van der Waals surface area contributed by atoms with Crippen molar-refractivity contribution in [2.75, 3.05) is 19.9 Å². The van der Waals surface area contributed by atoms with Gasteiger partial charge in [-0.2, -0.15) is 0 Å². The molecule has 3 heterocycles. The number of aromatic nitrogens is 2. The van der Waals surface area contributed by atoms with Crippen molar-refractivity contribution in [3.8, 4) is 0 Å². The van der Waals surface area contributed by atoms with Crippen LogP contribution in [-0.2, 0) is 11.8 Å². The average molecular weight is 275 g/mol. The Morgan fingerprint density at radius 3 is 2.95 bits per heavy atom. The Morgan fingerprint density at radius 1 is 1.45 bits per heavy atom. The monoisotopic (exact) mass is 275 g/mol. The predicted molar refractivity (Wildman–Crippen MR) is 74.7 cm³/mol. The van der Waals surface area contributed by atoms with Crippen LogP contribution in [0.4, 0.5) is 0 Å². The van der Waals surface area contributed by atoms with E-state index in [1.165, 1.54) is 4.57 Å². The summed E-state index contributed by atoms with van der Waals surface area (Å²) in [6, 6.07) is 0. The van der Waals surface area contributed by atoms with Crippen LogP contribution < -0.4 is 5.56 Å². The number of carbonyl (C=O) groups is 1. The van der Waals surface area contributed by atoms with E-state index in [9.17, 15) is 9.59 Å². The molecule has 3 rings (SSSR count). The highest BCUT2D eigenvalue weighted by molar-refractivity contribution is 6.06. The lowest BCUT2D eigenvalue weighted by atomic mass is 10.1. The molecule has 1 amide bonds. The third-order valence-corrected chi connectivity index (χ3v) is 3.68. The molecule has 6 nitrogen and oxygen atoms in total. The zero-order chi connectivity index (χ0) is 14.3. The molecule has 0 spiro atoms. The Morgan fingerprint density at radius 2 is 2.25 bits per heavy atom. The number of H-pyrrole nitrogens is 1. The van der Waals surface area contributed by atoms with Gasteiger partial charge in [-0.1, -0.05) is 0 Å². The van der Waals surface area contributed by atoms with Crippen LogP contribution in [-0.4, -0.2) is 40.2 Å². The van der Waals surface area contributed by atoms with Gasteiger partial charge in [-0.3, -0.25) is 9.59 Å². The van der Waals surface area contributed by atoms with Crippen molar-refractivity contribution < 1.29 is 9.53 Å². The molecule has 1 saturated heterocycles. The molecule has 0 unspecified atom stereocenters. The third-order valence-electron chi connectivity index (χ3n) is 3.68. The molecule has 1 aliphatic rings. The summed E-state index contributed by atoms with van der Waals surface area (Å²) in [6.45, 7) is 3.55. The molecule has 6 heteroatoms. The number of nitrogens with zero attached hydrogens (tertiary/aromatic N) is 2. The third kappa shape index (κ3) is 1.92. The number of nitrogens with one attached hydrogen (secondary N) is 1. The van der Waals surface area contributed by atoms with Crippen LogP contribution >= 0.6 is 0 Å². The largest absolute Gasteiger partial charge is 0.361 e. The van der Waals surface area contributed by atoms with Crippen LogP contribution in [0.1, 0.15) is 22.3 Å². The second kappa shape index (κ2) is 4.79. The van der Waals surface area contributed by atoms with E-state index in [0.29, 0.717) is 24.1 Å². The van der Waals surface area contributed by atoms with Crippen LogP contribution in [0.5, 0.6) is 0 Å². The quantitative estimate of drug-likeness (QED) is 0.844.